The Labute approximate surface area is 821 Å². The van der Waals surface area contributed by atoms with Gasteiger partial charge >= 0.3 is 18.0 Å². The van der Waals surface area contributed by atoms with E-state index in [1.165, 1.54) is 21.1 Å². The van der Waals surface area contributed by atoms with Crippen LogP contribution in [0.1, 0.15) is 165 Å². The molecule has 1 fully saturated rings. The average molecular weight is 2020 g/mol. The van der Waals surface area contributed by atoms with Crippen LogP contribution in [0.5, 0.6) is 0 Å². The Bertz CT molecular complexity index is 4140. The summed E-state index contributed by atoms with van der Waals surface area (Å²) >= 11 is 0. The van der Waals surface area contributed by atoms with Gasteiger partial charge in [-0.3, -0.25) is 76.8 Å². The zero-order chi connectivity index (χ0) is 107. The van der Waals surface area contributed by atoms with Crippen LogP contribution < -0.4 is 63.8 Å². The molecule has 21 atom stereocenters. The highest BCUT2D eigenvalue weighted by Crippen LogP contribution is 2.31. The number of likely N-dealkylation sites (tertiary alicyclic amines) is 1. The van der Waals surface area contributed by atoms with E-state index in [-0.39, 0.29) is 86.3 Å². The molecular formula is C92H155N15O34. The molecule has 0 bridgehead atoms. The van der Waals surface area contributed by atoms with Crippen molar-refractivity contribution in [2.75, 3.05) is 127 Å². The summed E-state index contributed by atoms with van der Waals surface area (Å²) in [6.07, 6.45) is -23.1. The third-order valence-corrected chi connectivity index (χ3v) is 23.4. The number of esters is 1. The molecular weight excluding hydrogens is 1860 g/mol. The molecule has 49 heteroatoms. The average Bonchev–Trinajstić information content (AvgIpc) is 1.75. The number of carbonyl (C=O) groups excluding carboxylic acids is 17. The number of alkyl carbamates (subject to hydrolysis) is 1. The molecule has 1 saturated heterocycles. The molecule has 1 aliphatic heterocycles. The maximum absolute atomic E-state index is 14.7. The molecule has 14 amide bonds. The second-order valence-corrected chi connectivity index (χ2v) is 37.2. The Morgan fingerprint density at radius 3 is 1.63 bits per heavy atom. The van der Waals surface area contributed by atoms with Crippen LogP contribution in [-0.2, 0) is 112 Å². The number of Topliss-reactive ketones (excluding diaryl/α,β-unsaturated/α-hetero) is 2. The number of carboxylic acids is 1. The molecule has 141 heavy (non-hydrogen) atoms. The van der Waals surface area contributed by atoms with Gasteiger partial charge in [0.1, 0.15) is 79.2 Å². The van der Waals surface area contributed by atoms with E-state index in [0.717, 1.165) is 0 Å². The summed E-state index contributed by atoms with van der Waals surface area (Å²) in [5, 5.41) is 138. The fourth-order valence-corrected chi connectivity index (χ4v) is 15.2. The maximum Gasteiger partial charge on any atom is 0.407 e. The lowest BCUT2D eigenvalue weighted by Gasteiger charge is -2.41. The fourth-order valence-electron chi connectivity index (χ4n) is 15.2. The number of ketones is 2. The summed E-state index contributed by atoms with van der Waals surface area (Å²) in [5.41, 5.74) is 0.539. The molecule has 0 aliphatic carbocycles. The van der Waals surface area contributed by atoms with Crippen LogP contribution in [0.2, 0.25) is 0 Å². The lowest BCUT2D eigenvalue weighted by molar-refractivity contribution is -0.148. The Kier molecular flexibility index (Phi) is 58.7. The predicted octanol–water partition coefficient (Wildman–Crippen LogP) is -6.91. The van der Waals surface area contributed by atoms with Crippen LogP contribution in [-0.4, -0.2) is 414 Å². The minimum Gasteiger partial charge on any atom is -0.480 e. The Balaban J connectivity index is 2.21. The highest BCUT2D eigenvalue weighted by molar-refractivity contribution is 5.96. The van der Waals surface area contributed by atoms with Crippen LogP contribution >= 0.6 is 0 Å². The number of carboxylic acid groups (broad SMARTS) is 1. The first-order valence-corrected chi connectivity index (χ1v) is 47.2. The van der Waals surface area contributed by atoms with Gasteiger partial charge in [0.25, 0.3) is 0 Å². The van der Waals surface area contributed by atoms with E-state index in [4.69, 9.17) is 28.8 Å². The normalized spacial score (nSPS) is 16.9. The monoisotopic (exact) mass is 2010 g/mol. The number of aliphatic hydroxyl groups excluding tert-OH is 10. The van der Waals surface area contributed by atoms with Crippen molar-refractivity contribution in [1.29, 1.82) is 0 Å². The van der Waals surface area contributed by atoms with Gasteiger partial charge in [-0.15, -0.1) is 0 Å². The Morgan fingerprint density at radius 2 is 1.09 bits per heavy atom. The number of benzene rings is 1. The number of aliphatic carboxylic acids is 1. The van der Waals surface area contributed by atoms with Gasteiger partial charge in [-0.1, -0.05) is 106 Å². The smallest absolute Gasteiger partial charge is 0.407 e. The van der Waals surface area contributed by atoms with Crippen LogP contribution in [0.3, 0.4) is 0 Å². The maximum atomic E-state index is 14.7. The van der Waals surface area contributed by atoms with Gasteiger partial charge in [0, 0.05) is 86.0 Å². The number of carbonyl (C=O) groups is 18. The molecule has 1 aromatic carbocycles. The first kappa shape index (κ1) is 126. The van der Waals surface area contributed by atoms with Gasteiger partial charge in [0.05, 0.1) is 126 Å². The van der Waals surface area contributed by atoms with E-state index >= 15 is 0 Å². The molecule has 2 rings (SSSR count). The summed E-state index contributed by atoms with van der Waals surface area (Å²) in [6.45, 7) is 12.9. The van der Waals surface area contributed by atoms with Gasteiger partial charge in [0.2, 0.25) is 76.8 Å². The summed E-state index contributed by atoms with van der Waals surface area (Å²) < 4.78 is 28.1. The number of rotatable bonds is 69. The van der Waals surface area contributed by atoms with Gasteiger partial charge in [0.15, 0.2) is 5.78 Å². The second kappa shape index (κ2) is 65.5. The number of nitrogens with one attached hydrogen (secondary N) is 12. The second-order valence-electron chi connectivity index (χ2n) is 37.2. The van der Waals surface area contributed by atoms with Crippen molar-refractivity contribution in [3.8, 4) is 0 Å². The van der Waals surface area contributed by atoms with E-state index in [2.05, 4.69) is 63.8 Å². The first-order valence-electron chi connectivity index (χ1n) is 47.2. The first-order chi connectivity index (χ1) is 66.2. The molecule has 1 aliphatic rings. The number of ether oxygens (including phenoxy) is 5. The summed E-state index contributed by atoms with van der Waals surface area (Å²) in [4.78, 5) is 246. The zero-order valence-electron chi connectivity index (χ0n) is 83.6. The summed E-state index contributed by atoms with van der Waals surface area (Å²) in [5.74, 6) is -17.8. The van der Waals surface area contributed by atoms with Crippen molar-refractivity contribution >= 4 is 106 Å². The van der Waals surface area contributed by atoms with Crippen LogP contribution in [0.4, 0.5) is 4.79 Å². The van der Waals surface area contributed by atoms with Crippen molar-refractivity contribution in [3.63, 3.8) is 0 Å². The highest BCUT2D eigenvalue weighted by Gasteiger charge is 2.45. The van der Waals surface area contributed by atoms with Gasteiger partial charge in [-0.2, -0.15) is 0 Å². The Morgan fingerprint density at radius 1 is 0.525 bits per heavy atom. The molecule has 1 aromatic rings. The molecule has 802 valence electrons. The number of hydrogen-bond donors (Lipinski definition) is 23. The minimum absolute atomic E-state index is 0.0111. The zero-order valence-corrected chi connectivity index (χ0v) is 83.6. The fraction of sp³-hybridized carbons (Fsp3) is 0.739. The number of likely N-dealkylation sites (N-methyl/N-ethyl adjacent to an activating group) is 2. The standard InChI is InChI=1S/C92H155N15O34/c1-17-52(6)77(106(14)88(132)75(50(2)3)104-87(131)76(51(4)5)105(12)13)67(137-15)40-74(122)107-34-21-25-62(107)82(138-16)53(7)83(127)103-60(37-55-23-19-18-20-24-55)86(130)93-32-22-35-140-90(135)54(8)100-70(118)39-61(89(133)134)101-69(117)30-33-94-91(136)141-48-56(38-58(111)41-95-71(119)44-97-73(121)45-98-72(120)43-96-68(116)31-36-139-49-92(9,10)11)84(128)102-59(85(129)99-42-64(113)79(124)81(126)66(115)47-109)28-26-57(110)27-29-63(112)78(123)80(125)65(114)46-108/h18-20,23-24,50-54,56,59-67,75-82,108-109,112-115,123-126H,17,21-22,25-49H2,1-16H3,(H,93,130)(H,94,136)(H,95,119)(H,96,116)(H,97,121)(H,98,120)(H,99,129)(H,100,118)(H,101,117)(H,102,128)(H,103,127)(H,104,131)(H,133,134)/t52-,53+,54-,56-,59-,60-,61-,62-,63-,64-,65+,66+,67+,75-,76-,77-,78+,79+,80+,81+,82+/m0/s1. The summed E-state index contributed by atoms with van der Waals surface area (Å²) in [7, 11) is 8.16. The molecule has 0 aromatic heterocycles. The van der Waals surface area contributed by atoms with Gasteiger partial charge < -0.3 is 153 Å². The minimum atomic E-state index is -2.22. The molecule has 0 saturated carbocycles. The lowest BCUT2D eigenvalue weighted by atomic mass is 9.89. The number of aliphatic hydroxyl groups is 10. The van der Waals surface area contributed by atoms with Gasteiger partial charge in [-0.05, 0) is 81.9 Å². The number of nitrogens with zero attached hydrogens (tertiary/aromatic N) is 3. The van der Waals surface area contributed by atoms with E-state index in [9.17, 15) is 137 Å². The van der Waals surface area contributed by atoms with E-state index < -0.39 is 314 Å². The quantitative estimate of drug-likeness (QED) is 0.0213. The van der Waals surface area contributed by atoms with Crippen molar-refractivity contribution in [1.82, 2.24) is 78.5 Å². The lowest BCUT2D eigenvalue weighted by Crippen LogP contribution is -2.59. The van der Waals surface area contributed by atoms with Crippen molar-refractivity contribution in [2.24, 2.45) is 35.0 Å². The molecule has 23 N–H and O–H groups in total. The number of hydrogen-bond acceptors (Lipinski definition) is 34. The number of amides is 14. The van der Waals surface area contributed by atoms with E-state index in [1.54, 1.807) is 73.1 Å². The highest BCUT2D eigenvalue weighted by atomic mass is 16.6. The van der Waals surface area contributed by atoms with Crippen molar-refractivity contribution < 1.29 is 166 Å². The number of methoxy groups -OCH3 is 2. The van der Waals surface area contributed by atoms with Crippen molar-refractivity contribution in [3.05, 3.63) is 35.9 Å². The van der Waals surface area contributed by atoms with Crippen molar-refractivity contribution in [2.45, 2.75) is 275 Å². The van der Waals surface area contributed by atoms with Crippen LogP contribution in [0.25, 0.3) is 0 Å². The molecule has 0 spiro atoms. The topological polar surface area (TPSA) is 730 Å². The largest absolute Gasteiger partial charge is 0.480 e. The van der Waals surface area contributed by atoms with E-state index in [1.807, 2.05) is 62.3 Å². The summed E-state index contributed by atoms with van der Waals surface area (Å²) in [6, 6.07) is -0.177. The predicted molar refractivity (Wildman–Crippen MR) is 502 cm³/mol. The van der Waals surface area contributed by atoms with E-state index in [0.29, 0.717) is 38.0 Å². The molecule has 1 heterocycles. The molecule has 49 nitrogen and oxygen atoms in total. The van der Waals surface area contributed by atoms with Crippen LogP contribution in [0, 0.1) is 35.0 Å². The molecule has 0 unspecified atom stereocenters. The molecule has 0 radical (unpaired) electrons. The SMILES string of the molecule is CC[C@H](C)[C@@H]([C@@H](CC(=O)N1CCC[C@H]1[C@H](OC)[C@@H](C)C(=O)N[C@@H](Cc1ccccc1)C(=O)NCCCOC(=O)[C@H](C)NC(=O)C[C@H](NC(=O)CCNC(=O)OC[C@H](CC(=O)CNC(=O)CNC(=O)CNC(=O)CNC(=O)CCOCC(C)(C)C)C(=O)N[C@@H](CCC(=O)CC[C@H](O)[C@@H](O)[C@H](O)[C@H](O)CO)C(=O)NC[C@H](O)[C@@H](O)[C@H](O)[C@H](O)CO)C(=O)O)OC)N(C)C(=O)[C@@H](NC(=O)[C@H](C(C)C)N(C)C)C(C)C. The van der Waals surface area contributed by atoms with Gasteiger partial charge in [-0.25, -0.2) is 14.4 Å². The third kappa shape index (κ3) is 46.9. The Hall–Kier alpha value is -10.7. The van der Waals surface area contributed by atoms with Crippen LogP contribution in [0.15, 0.2) is 30.3 Å². The third-order valence-electron chi connectivity index (χ3n) is 23.4.